The zero-order valence-electron chi connectivity index (χ0n) is 25.3. The van der Waals surface area contributed by atoms with Gasteiger partial charge in [0.2, 0.25) is 5.88 Å². The van der Waals surface area contributed by atoms with E-state index in [-0.39, 0.29) is 24.6 Å². The second-order valence-corrected chi connectivity index (χ2v) is 11.6. The number of carbonyl (C=O) groups is 1. The zero-order valence-corrected chi connectivity index (χ0v) is 25.3. The Balaban J connectivity index is 1.58. The van der Waals surface area contributed by atoms with Gasteiger partial charge < -0.3 is 24.4 Å². The predicted molar refractivity (Wildman–Crippen MR) is 163 cm³/mol. The maximum absolute atomic E-state index is 14.2. The van der Waals surface area contributed by atoms with E-state index in [2.05, 4.69) is 9.97 Å². The van der Waals surface area contributed by atoms with Crippen molar-refractivity contribution >= 4 is 29.3 Å². The van der Waals surface area contributed by atoms with Gasteiger partial charge in [0.25, 0.3) is 0 Å². The Labute approximate surface area is 255 Å². The molecular weight excluding hydrogens is 572 g/mol. The second kappa shape index (κ2) is 14.7. The SMILES string of the molecule is COc1ccc2nccc(C=C[C@@H]3CC[C@@H](N(C/C=C/c4cc(F)ccc4F)C(=O)OC(C)(C)C)[C@@H](CC(O)CO)O3)c2n1. The molecular formula is C33H39F2N3O6. The number of rotatable bonds is 10. The summed E-state index contributed by atoms with van der Waals surface area (Å²) in [5, 5.41) is 20.0. The first-order valence-electron chi connectivity index (χ1n) is 14.5. The van der Waals surface area contributed by atoms with Crippen molar-refractivity contribution < 1.29 is 38.0 Å². The van der Waals surface area contributed by atoms with Gasteiger partial charge in [0.05, 0.1) is 49.1 Å². The average molecular weight is 612 g/mol. The maximum atomic E-state index is 14.2. The number of benzene rings is 1. The molecule has 0 saturated carbocycles. The molecule has 1 unspecified atom stereocenters. The van der Waals surface area contributed by atoms with Crippen LogP contribution in [0.5, 0.6) is 5.88 Å². The van der Waals surface area contributed by atoms with Gasteiger partial charge in [0.15, 0.2) is 0 Å². The van der Waals surface area contributed by atoms with Crippen molar-refractivity contribution in [3.8, 4) is 5.88 Å². The Morgan fingerprint density at radius 2 is 1.95 bits per heavy atom. The summed E-state index contributed by atoms with van der Waals surface area (Å²) in [4.78, 5) is 23.8. The third-order valence-corrected chi connectivity index (χ3v) is 7.12. The van der Waals surface area contributed by atoms with Crippen LogP contribution < -0.4 is 4.74 Å². The number of ether oxygens (including phenoxy) is 3. The third-order valence-electron chi connectivity index (χ3n) is 7.12. The van der Waals surface area contributed by atoms with Gasteiger partial charge in [-0.05, 0) is 63.9 Å². The molecule has 1 aromatic carbocycles. The van der Waals surface area contributed by atoms with Crippen molar-refractivity contribution in [2.24, 2.45) is 0 Å². The Bertz CT molecular complexity index is 1490. The van der Waals surface area contributed by atoms with Gasteiger partial charge in [0.1, 0.15) is 17.2 Å². The molecule has 2 aromatic heterocycles. The number of hydrogen-bond acceptors (Lipinski definition) is 8. The van der Waals surface area contributed by atoms with Crippen molar-refractivity contribution in [3.63, 3.8) is 0 Å². The van der Waals surface area contributed by atoms with Crippen LogP contribution in [0.25, 0.3) is 23.2 Å². The summed E-state index contributed by atoms with van der Waals surface area (Å²) >= 11 is 0. The summed E-state index contributed by atoms with van der Waals surface area (Å²) < 4.78 is 45.3. The molecule has 44 heavy (non-hydrogen) atoms. The molecule has 2 N–H and O–H groups in total. The Hall–Kier alpha value is -3.93. The fourth-order valence-electron chi connectivity index (χ4n) is 5.05. The van der Waals surface area contributed by atoms with E-state index in [0.717, 1.165) is 23.8 Å². The van der Waals surface area contributed by atoms with Gasteiger partial charge in [-0.2, -0.15) is 0 Å². The summed E-state index contributed by atoms with van der Waals surface area (Å²) in [6.45, 7) is 4.79. The predicted octanol–water partition coefficient (Wildman–Crippen LogP) is 5.54. The number of aromatic nitrogens is 2. The highest BCUT2D eigenvalue weighted by molar-refractivity contribution is 5.84. The summed E-state index contributed by atoms with van der Waals surface area (Å²) in [6, 6.07) is 8.01. The van der Waals surface area contributed by atoms with Crippen LogP contribution in [0.2, 0.25) is 0 Å². The Kier molecular flexibility index (Phi) is 11.0. The highest BCUT2D eigenvalue weighted by Crippen LogP contribution is 2.30. The lowest BCUT2D eigenvalue weighted by atomic mass is 9.93. The lowest BCUT2D eigenvalue weighted by molar-refractivity contribution is -0.0988. The Morgan fingerprint density at radius 1 is 1.16 bits per heavy atom. The second-order valence-electron chi connectivity index (χ2n) is 11.6. The first-order valence-corrected chi connectivity index (χ1v) is 14.5. The van der Waals surface area contributed by atoms with E-state index in [9.17, 15) is 23.8 Å². The number of methoxy groups -OCH3 is 1. The summed E-state index contributed by atoms with van der Waals surface area (Å²) in [6.07, 6.45) is 6.80. The van der Waals surface area contributed by atoms with E-state index in [1.807, 2.05) is 24.3 Å². The van der Waals surface area contributed by atoms with Crippen molar-refractivity contribution in [1.82, 2.24) is 14.9 Å². The third kappa shape index (κ3) is 8.81. The molecule has 4 atom stereocenters. The quantitative estimate of drug-likeness (QED) is 0.307. The van der Waals surface area contributed by atoms with E-state index in [1.165, 1.54) is 11.0 Å². The van der Waals surface area contributed by atoms with Gasteiger partial charge >= 0.3 is 6.09 Å². The average Bonchev–Trinajstić information content (AvgIpc) is 2.99. The number of aliphatic hydroxyl groups is 2. The largest absolute Gasteiger partial charge is 0.481 e. The number of nitrogens with zero attached hydrogens (tertiary/aromatic N) is 3. The van der Waals surface area contributed by atoms with Crippen LogP contribution in [0, 0.1) is 11.6 Å². The smallest absolute Gasteiger partial charge is 0.410 e. The van der Waals surface area contributed by atoms with Crippen molar-refractivity contribution in [1.29, 1.82) is 0 Å². The van der Waals surface area contributed by atoms with Gasteiger partial charge in [-0.25, -0.2) is 18.6 Å². The molecule has 9 nitrogen and oxygen atoms in total. The van der Waals surface area contributed by atoms with Crippen LogP contribution in [-0.4, -0.2) is 81.4 Å². The van der Waals surface area contributed by atoms with E-state index in [1.54, 1.807) is 46.2 Å². The lowest BCUT2D eigenvalue weighted by Gasteiger charge is -2.42. The summed E-state index contributed by atoms with van der Waals surface area (Å²) in [7, 11) is 1.55. The van der Waals surface area contributed by atoms with Crippen molar-refractivity contribution in [2.75, 3.05) is 20.3 Å². The summed E-state index contributed by atoms with van der Waals surface area (Å²) in [5.41, 5.74) is 1.44. The molecule has 3 heterocycles. The maximum Gasteiger partial charge on any atom is 0.410 e. The standard InChI is InChI=1S/C33H39F2N3O6/c1-33(2,3)44-32(41)38(17-5-6-22-18-23(34)8-11-26(22)35)28-13-10-25(43-29(28)19-24(40)20-39)9-7-21-15-16-36-27-12-14-30(42-4)37-31(21)27/h5-9,11-12,14-16,18,24-25,28-29,39-40H,10,13,17,19-20H2,1-4H3/b6-5+,9-7?/t24?,25-,28-,29-/m1/s1. The molecule has 236 valence electrons. The van der Waals surface area contributed by atoms with Crippen LogP contribution in [-0.2, 0) is 9.47 Å². The molecule has 0 radical (unpaired) electrons. The molecule has 1 fully saturated rings. The molecule has 11 heteroatoms. The molecule has 0 aliphatic carbocycles. The molecule has 1 aliphatic heterocycles. The zero-order chi connectivity index (χ0) is 31.9. The van der Waals surface area contributed by atoms with Crippen molar-refractivity contribution in [3.05, 3.63) is 77.5 Å². The minimum absolute atomic E-state index is 0.0155. The molecule has 1 amide bonds. The highest BCUT2D eigenvalue weighted by Gasteiger charge is 2.38. The molecule has 1 aliphatic rings. The van der Waals surface area contributed by atoms with Crippen molar-refractivity contribution in [2.45, 2.75) is 70.0 Å². The molecule has 4 rings (SSSR count). The van der Waals surface area contributed by atoms with Crippen LogP contribution >= 0.6 is 0 Å². The molecule has 0 spiro atoms. The number of aliphatic hydroxyl groups excluding tert-OH is 2. The fraction of sp³-hybridized carbons (Fsp3) is 0.424. The normalized spacial score (nSPS) is 19.9. The van der Waals surface area contributed by atoms with Gasteiger partial charge in [-0.3, -0.25) is 9.88 Å². The van der Waals surface area contributed by atoms with Crippen LogP contribution in [0.4, 0.5) is 13.6 Å². The number of carbonyl (C=O) groups excluding carboxylic acids is 1. The Morgan fingerprint density at radius 3 is 2.68 bits per heavy atom. The number of halogens is 2. The van der Waals surface area contributed by atoms with Crippen LogP contribution in [0.1, 0.15) is 51.2 Å². The van der Waals surface area contributed by atoms with E-state index >= 15 is 0 Å². The first-order chi connectivity index (χ1) is 21.0. The topological polar surface area (TPSA) is 114 Å². The first kappa shape index (κ1) is 33.0. The minimum Gasteiger partial charge on any atom is -0.481 e. The van der Waals surface area contributed by atoms with E-state index in [0.29, 0.717) is 29.8 Å². The van der Waals surface area contributed by atoms with Crippen LogP contribution in [0.15, 0.2) is 54.7 Å². The van der Waals surface area contributed by atoms with E-state index in [4.69, 9.17) is 14.2 Å². The number of pyridine rings is 2. The number of fused-ring (bicyclic) bond motifs is 1. The fourth-order valence-corrected chi connectivity index (χ4v) is 5.05. The summed E-state index contributed by atoms with van der Waals surface area (Å²) in [5.74, 6) is -0.712. The molecule has 3 aromatic rings. The highest BCUT2D eigenvalue weighted by atomic mass is 19.1. The molecule has 0 bridgehead atoms. The number of hydrogen-bond donors (Lipinski definition) is 2. The monoisotopic (exact) mass is 611 g/mol. The van der Waals surface area contributed by atoms with Gasteiger partial charge in [-0.15, -0.1) is 0 Å². The molecule has 1 saturated heterocycles. The minimum atomic E-state index is -1.08. The lowest BCUT2D eigenvalue weighted by Crippen LogP contribution is -2.53. The van der Waals surface area contributed by atoms with Crippen LogP contribution in [0.3, 0.4) is 0 Å². The number of amides is 1. The van der Waals surface area contributed by atoms with Gasteiger partial charge in [-0.1, -0.05) is 24.3 Å². The van der Waals surface area contributed by atoms with E-state index < -0.39 is 48.2 Å². The van der Waals surface area contributed by atoms with Gasteiger partial charge in [0, 0.05) is 36.4 Å².